The van der Waals surface area contributed by atoms with Crippen molar-refractivity contribution in [2.45, 2.75) is 94.6 Å². The van der Waals surface area contributed by atoms with Gasteiger partial charge in [-0.1, -0.05) is 122 Å². The molecular formula is C40H48O9Si. The fourth-order valence-corrected chi connectivity index (χ4v) is 6.53. The molecule has 0 saturated carbocycles. The highest BCUT2D eigenvalue weighted by atomic mass is 28.3. The van der Waals surface area contributed by atoms with Crippen LogP contribution in [0.3, 0.4) is 0 Å². The van der Waals surface area contributed by atoms with Gasteiger partial charge < -0.3 is 43.7 Å². The molecule has 2 aliphatic heterocycles. The minimum atomic E-state index is -1.85. The smallest absolute Gasteiger partial charge is 0.187 e. The van der Waals surface area contributed by atoms with E-state index < -0.39 is 75.7 Å². The van der Waals surface area contributed by atoms with Gasteiger partial charge in [0.1, 0.15) is 56.9 Å². The third kappa shape index (κ3) is 10.3. The van der Waals surface area contributed by atoms with Crippen molar-refractivity contribution < 1.29 is 43.7 Å². The predicted octanol–water partition coefficient (Wildman–Crippen LogP) is 4.10. The summed E-state index contributed by atoms with van der Waals surface area (Å²) < 4.78 is 38.9. The Morgan fingerprint density at radius 3 is 1.76 bits per heavy atom. The van der Waals surface area contributed by atoms with E-state index >= 15 is 0 Å². The molecule has 9 nitrogen and oxygen atoms in total. The monoisotopic (exact) mass is 700 g/mol. The Morgan fingerprint density at radius 1 is 0.700 bits per heavy atom. The summed E-state index contributed by atoms with van der Waals surface area (Å²) in [7, 11) is -1.85. The zero-order valence-corrected chi connectivity index (χ0v) is 29.8. The minimum absolute atomic E-state index is 0.0864. The van der Waals surface area contributed by atoms with Gasteiger partial charge >= 0.3 is 0 Å². The lowest BCUT2D eigenvalue weighted by atomic mass is 9.89. The molecule has 2 fully saturated rings. The zero-order chi connectivity index (χ0) is 35.5. The molecule has 50 heavy (non-hydrogen) atoms. The maximum absolute atomic E-state index is 11.2. The molecule has 0 spiro atoms. The fraction of sp³-hybridized carbons (Fsp3) is 0.450. The molecule has 0 amide bonds. The summed E-state index contributed by atoms with van der Waals surface area (Å²) in [6, 6.07) is 29.3. The van der Waals surface area contributed by atoms with Crippen molar-refractivity contribution in [1.82, 2.24) is 0 Å². The Bertz CT molecular complexity index is 1550. The molecule has 0 radical (unpaired) electrons. The molecule has 3 aromatic rings. The largest absolute Gasteiger partial charge is 0.394 e. The molecule has 266 valence electrons. The zero-order valence-electron chi connectivity index (χ0n) is 28.8. The SMILES string of the molecule is C#C[C@H]1[C@H](O)[C@@H](O)[C@H](O[C@H]2[C@H](OCc3ccccc3)[C@@H](OCc3ccccc3)[C@H](C#C[Si](C)(C)C)O[C@@H]2COCc2ccccc2)O[C@@H]1CO. The second-order valence-electron chi connectivity index (χ2n) is 13.6. The second-order valence-corrected chi connectivity index (χ2v) is 18.4. The first-order chi connectivity index (χ1) is 24.2. The van der Waals surface area contributed by atoms with Gasteiger partial charge in [-0.05, 0) is 16.7 Å². The van der Waals surface area contributed by atoms with Crippen LogP contribution in [0.15, 0.2) is 91.0 Å². The van der Waals surface area contributed by atoms with Gasteiger partial charge in [-0.3, -0.25) is 0 Å². The first-order valence-corrected chi connectivity index (χ1v) is 20.5. The first kappa shape index (κ1) is 37.9. The highest BCUT2D eigenvalue weighted by Gasteiger charge is 2.52. The van der Waals surface area contributed by atoms with E-state index in [9.17, 15) is 15.3 Å². The van der Waals surface area contributed by atoms with Crippen molar-refractivity contribution in [3.05, 3.63) is 108 Å². The number of terminal acetylenes is 1. The van der Waals surface area contributed by atoms with Gasteiger partial charge in [-0.25, -0.2) is 0 Å². The standard InChI is InChI=1S/C40H48O9Si/c1-5-31-33(23-41)48-40(36(43)35(31)42)49-38-34(27-44-24-28-15-9-6-10-16-28)47-32(21-22-50(2,3)4)37(45-25-29-17-11-7-12-18-29)39(38)46-26-30-19-13-8-14-20-30/h1,6-20,31-43H,23-27H2,2-4H3/t31-,32+,33-,34-,35+,36-,37+,38-,39-,40+/m1/s1. The van der Waals surface area contributed by atoms with Gasteiger partial charge in [0.05, 0.1) is 39.0 Å². The van der Waals surface area contributed by atoms with Crippen LogP contribution in [0.25, 0.3) is 0 Å². The highest BCUT2D eigenvalue weighted by Crippen LogP contribution is 2.34. The van der Waals surface area contributed by atoms with Gasteiger partial charge in [0.2, 0.25) is 0 Å². The molecule has 0 unspecified atom stereocenters. The molecule has 0 aromatic heterocycles. The summed E-state index contributed by atoms with van der Waals surface area (Å²) in [5, 5.41) is 32.2. The molecule has 0 bridgehead atoms. The van der Waals surface area contributed by atoms with Gasteiger partial charge in [0.15, 0.2) is 6.29 Å². The maximum atomic E-state index is 11.2. The normalized spacial score (nSPS) is 29.8. The van der Waals surface area contributed by atoms with Crippen LogP contribution in [-0.4, -0.2) is 91.7 Å². The third-order valence-electron chi connectivity index (χ3n) is 8.56. The van der Waals surface area contributed by atoms with E-state index in [4.69, 9.17) is 34.8 Å². The van der Waals surface area contributed by atoms with E-state index in [0.29, 0.717) is 6.61 Å². The van der Waals surface area contributed by atoms with Crippen LogP contribution in [0.1, 0.15) is 16.7 Å². The van der Waals surface area contributed by atoms with Crippen LogP contribution in [0.2, 0.25) is 19.6 Å². The minimum Gasteiger partial charge on any atom is -0.394 e. The number of aliphatic hydroxyl groups excluding tert-OH is 3. The number of hydrogen-bond acceptors (Lipinski definition) is 9. The summed E-state index contributed by atoms with van der Waals surface area (Å²) in [5.74, 6) is 4.88. The lowest BCUT2D eigenvalue weighted by Crippen LogP contribution is -2.64. The van der Waals surface area contributed by atoms with Gasteiger partial charge in [-0.15, -0.1) is 12.0 Å². The predicted molar refractivity (Wildman–Crippen MR) is 191 cm³/mol. The van der Waals surface area contributed by atoms with E-state index in [1.807, 2.05) is 91.0 Å². The van der Waals surface area contributed by atoms with Crippen molar-refractivity contribution >= 4 is 8.07 Å². The summed E-state index contributed by atoms with van der Waals surface area (Å²) in [4.78, 5) is 0. The highest BCUT2D eigenvalue weighted by molar-refractivity contribution is 6.83. The van der Waals surface area contributed by atoms with Crippen LogP contribution in [0.4, 0.5) is 0 Å². The van der Waals surface area contributed by atoms with Crippen LogP contribution in [-0.2, 0) is 48.2 Å². The van der Waals surface area contributed by atoms with Crippen molar-refractivity contribution in [2.24, 2.45) is 5.92 Å². The van der Waals surface area contributed by atoms with E-state index in [1.165, 1.54) is 0 Å². The molecule has 5 rings (SSSR count). The molecule has 2 heterocycles. The lowest BCUT2D eigenvalue weighted by Gasteiger charge is -2.48. The third-order valence-corrected chi connectivity index (χ3v) is 9.45. The van der Waals surface area contributed by atoms with Gasteiger partial charge in [-0.2, -0.15) is 0 Å². The first-order valence-electron chi connectivity index (χ1n) is 17.0. The molecule has 3 aromatic carbocycles. The summed E-state index contributed by atoms with van der Waals surface area (Å²) >= 11 is 0. The second kappa shape index (κ2) is 18.2. The van der Waals surface area contributed by atoms with Crippen molar-refractivity contribution in [3.8, 4) is 23.8 Å². The van der Waals surface area contributed by atoms with Crippen LogP contribution >= 0.6 is 0 Å². The van der Waals surface area contributed by atoms with Crippen molar-refractivity contribution in [2.75, 3.05) is 13.2 Å². The molecule has 2 saturated heterocycles. The Kier molecular flexibility index (Phi) is 13.8. The quantitative estimate of drug-likeness (QED) is 0.179. The van der Waals surface area contributed by atoms with Crippen LogP contribution in [0, 0.1) is 29.7 Å². The van der Waals surface area contributed by atoms with Crippen LogP contribution in [0.5, 0.6) is 0 Å². The Balaban J connectivity index is 1.52. The number of aliphatic hydroxyl groups is 3. The van der Waals surface area contributed by atoms with Gasteiger partial charge in [0, 0.05) is 0 Å². The van der Waals surface area contributed by atoms with Crippen LogP contribution < -0.4 is 0 Å². The van der Waals surface area contributed by atoms with Crippen molar-refractivity contribution in [1.29, 1.82) is 0 Å². The number of benzene rings is 3. The van der Waals surface area contributed by atoms with Gasteiger partial charge in [0.25, 0.3) is 0 Å². The summed E-state index contributed by atoms with van der Waals surface area (Å²) in [6.07, 6.45) is -3.59. The lowest BCUT2D eigenvalue weighted by molar-refractivity contribution is -0.337. The number of rotatable bonds is 13. The molecule has 10 heteroatoms. The average molecular weight is 701 g/mol. The van der Waals surface area contributed by atoms with E-state index in [2.05, 4.69) is 37.0 Å². The van der Waals surface area contributed by atoms with E-state index in [0.717, 1.165) is 16.7 Å². The number of hydrogen-bond donors (Lipinski definition) is 3. The Labute approximate surface area is 296 Å². The summed E-state index contributed by atoms with van der Waals surface area (Å²) in [5.41, 5.74) is 6.33. The maximum Gasteiger partial charge on any atom is 0.187 e. The average Bonchev–Trinajstić information content (AvgIpc) is 3.12. The Hall–Kier alpha value is -3.36. The van der Waals surface area contributed by atoms with Crippen molar-refractivity contribution in [3.63, 3.8) is 0 Å². The van der Waals surface area contributed by atoms with E-state index in [1.54, 1.807) is 0 Å². The molecular weight excluding hydrogens is 653 g/mol. The molecule has 10 atom stereocenters. The summed E-state index contributed by atoms with van der Waals surface area (Å²) in [6.45, 7) is 6.88. The Morgan fingerprint density at radius 2 is 1.24 bits per heavy atom. The fourth-order valence-electron chi connectivity index (χ4n) is 5.95. The molecule has 0 aliphatic carbocycles. The molecule has 2 aliphatic rings. The molecule has 3 N–H and O–H groups in total. The topological polar surface area (TPSA) is 116 Å². The van der Waals surface area contributed by atoms with E-state index in [-0.39, 0.29) is 19.8 Å². The number of ether oxygens (including phenoxy) is 6.